The zero-order valence-corrected chi connectivity index (χ0v) is 19.7. The molecule has 0 aromatic heterocycles. The molecule has 0 saturated carbocycles. The van der Waals surface area contributed by atoms with Crippen molar-refractivity contribution >= 4 is 5.69 Å². The second-order valence-electron chi connectivity index (χ2n) is 9.60. The molecule has 3 N–H and O–H groups in total. The van der Waals surface area contributed by atoms with Gasteiger partial charge in [-0.15, -0.1) is 0 Å². The van der Waals surface area contributed by atoms with Gasteiger partial charge in [0.05, 0.1) is 12.3 Å². The molecule has 0 fully saturated rings. The Morgan fingerprint density at radius 3 is 1.66 bits per heavy atom. The van der Waals surface area contributed by atoms with E-state index in [1.807, 2.05) is 0 Å². The number of ether oxygens (including phenoxy) is 1. The van der Waals surface area contributed by atoms with Crippen LogP contribution in [0.1, 0.15) is 123 Å². The number of rotatable bonds is 16. The lowest BCUT2D eigenvalue weighted by atomic mass is 9.86. The Hall–Kier alpha value is -1.38. The molecule has 0 radical (unpaired) electrons. The predicted octanol–water partition coefficient (Wildman–Crippen LogP) is 8.13. The fourth-order valence-electron chi connectivity index (χ4n) is 3.77. The molecule has 0 atom stereocenters. The molecule has 0 unspecified atom stereocenters. The maximum absolute atomic E-state index is 9.91. The van der Waals surface area contributed by atoms with Crippen LogP contribution in [-0.4, -0.2) is 11.7 Å². The lowest BCUT2D eigenvalue weighted by Gasteiger charge is -2.23. The van der Waals surface area contributed by atoms with Gasteiger partial charge in [-0.3, -0.25) is 0 Å². The maximum Gasteiger partial charge on any atom is 0.139 e. The number of aromatic hydroxyl groups is 1. The van der Waals surface area contributed by atoms with Crippen LogP contribution in [-0.2, 0) is 5.41 Å². The smallest absolute Gasteiger partial charge is 0.139 e. The van der Waals surface area contributed by atoms with Gasteiger partial charge in [0.2, 0.25) is 0 Å². The summed E-state index contributed by atoms with van der Waals surface area (Å²) in [6, 6.07) is 3.51. The van der Waals surface area contributed by atoms with Gasteiger partial charge >= 0.3 is 0 Å². The Labute approximate surface area is 180 Å². The van der Waals surface area contributed by atoms with Gasteiger partial charge in [-0.1, -0.05) is 111 Å². The number of hydrogen-bond acceptors (Lipinski definition) is 3. The third kappa shape index (κ3) is 11.4. The predicted molar refractivity (Wildman–Crippen MR) is 127 cm³/mol. The second-order valence-corrected chi connectivity index (χ2v) is 9.60. The van der Waals surface area contributed by atoms with E-state index in [1.165, 1.54) is 83.5 Å². The Balaban J connectivity index is 2.06. The van der Waals surface area contributed by atoms with Gasteiger partial charge in [0, 0.05) is 11.6 Å². The number of phenolic OH excluding ortho intramolecular Hbond substituents is 1. The van der Waals surface area contributed by atoms with Crippen LogP contribution < -0.4 is 10.5 Å². The highest BCUT2D eigenvalue weighted by Crippen LogP contribution is 2.37. The van der Waals surface area contributed by atoms with Crippen molar-refractivity contribution in [3.63, 3.8) is 0 Å². The topological polar surface area (TPSA) is 55.5 Å². The third-order valence-electron chi connectivity index (χ3n) is 5.69. The summed E-state index contributed by atoms with van der Waals surface area (Å²) in [7, 11) is 0. The van der Waals surface area contributed by atoms with Crippen LogP contribution in [0.15, 0.2) is 12.1 Å². The lowest BCUT2D eigenvalue weighted by Crippen LogP contribution is -2.14. The van der Waals surface area contributed by atoms with E-state index < -0.39 is 0 Å². The molecule has 1 aromatic carbocycles. The normalized spacial score (nSPS) is 11.7. The minimum Gasteiger partial charge on any atom is -0.506 e. The molecule has 0 aliphatic heterocycles. The number of hydrogen-bond donors (Lipinski definition) is 2. The van der Waals surface area contributed by atoms with Crippen molar-refractivity contribution < 1.29 is 9.84 Å². The van der Waals surface area contributed by atoms with E-state index >= 15 is 0 Å². The number of benzene rings is 1. The first-order chi connectivity index (χ1) is 13.9. The van der Waals surface area contributed by atoms with Crippen molar-refractivity contribution in [3.05, 3.63) is 17.7 Å². The molecule has 0 aliphatic carbocycles. The average Bonchev–Trinajstić information content (AvgIpc) is 2.66. The van der Waals surface area contributed by atoms with Crippen LogP contribution in [0.2, 0.25) is 0 Å². The monoisotopic (exact) mass is 405 g/mol. The van der Waals surface area contributed by atoms with E-state index in [1.54, 1.807) is 12.1 Å². The first kappa shape index (κ1) is 25.7. The summed E-state index contributed by atoms with van der Waals surface area (Å²) in [5.74, 6) is 0.946. The largest absolute Gasteiger partial charge is 0.506 e. The first-order valence-electron chi connectivity index (χ1n) is 12.1. The van der Waals surface area contributed by atoms with Crippen LogP contribution in [0.5, 0.6) is 11.5 Å². The van der Waals surface area contributed by atoms with Crippen molar-refractivity contribution in [1.29, 1.82) is 0 Å². The Bertz CT molecular complexity index is 548. The molecule has 0 heterocycles. The van der Waals surface area contributed by atoms with Crippen LogP contribution in [0.25, 0.3) is 0 Å². The quantitative estimate of drug-likeness (QED) is 0.166. The molecular weight excluding hydrogens is 358 g/mol. The zero-order chi connectivity index (χ0) is 21.5. The average molecular weight is 406 g/mol. The lowest BCUT2D eigenvalue weighted by molar-refractivity contribution is 0.296. The molecule has 0 saturated heterocycles. The molecule has 1 aromatic rings. The van der Waals surface area contributed by atoms with Gasteiger partial charge < -0.3 is 15.6 Å². The third-order valence-corrected chi connectivity index (χ3v) is 5.69. The molecule has 3 nitrogen and oxygen atoms in total. The van der Waals surface area contributed by atoms with Crippen LogP contribution in [0.3, 0.4) is 0 Å². The summed E-state index contributed by atoms with van der Waals surface area (Å²) in [4.78, 5) is 0. The van der Waals surface area contributed by atoms with Gasteiger partial charge in [-0.25, -0.2) is 0 Å². The van der Waals surface area contributed by atoms with E-state index in [4.69, 9.17) is 10.5 Å². The Morgan fingerprint density at radius 2 is 1.21 bits per heavy atom. The number of nitrogen functional groups attached to an aromatic ring is 1. The summed E-state index contributed by atoms with van der Waals surface area (Å²) >= 11 is 0. The summed E-state index contributed by atoms with van der Waals surface area (Å²) in [5, 5.41) is 9.91. The highest BCUT2D eigenvalue weighted by atomic mass is 16.5. The minimum atomic E-state index is -0.0873. The molecule has 3 heteroatoms. The van der Waals surface area contributed by atoms with E-state index in [9.17, 15) is 5.11 Å². The van der Waals surface area contributed by atoms with Crippen LogP contribution in [0.4, 0.5) is 5.69 Å². The van der Waals surface area contributed by atoms with E-state index in [0.29, 0.717) is 12.3 Å². The minimum absolute atomic E-state index is 0.0873. The highest BCUT2D eigenvalue weighted by molar-refractivity contribution is 5.60. The maximum atomic E-state index is 9.91. The van der Waals surface area contributed by atoms with Crippen molar-refractivity contribution in [3.8, 4) is 11.5 Å². The van der Waals surface area contributed by atoms with Crippen molar-refractivity contribution in [2.75, 3.05) is 12.3 Å². The summed E-state index contributed by atoms with van der Waals surface area (Å²) in [6.45, 7) is 9.36. The Morgan fingerprint density at radius 1 is 0.759 bits per heavy atom. The molecule has 0 aliphatic rings. The first-order valence-corrected chi connectivity index (χ1v) is 12.1. The van der Waals surface area contributed by atoms with E-state index in [0.717, 1.165) is 17.7 Å². The molecule has 29 heavy (non-hydrogen) atoms. The van der Waals surface area contributed by atoms with Crippen LogP contribution >= 0.6 is 0 Å². The van der Waals surface area contributed by atoms with Gasteiger partial charge in [0.25, 0.3) is 0 Å². The van der Waals surface area contributed by atoms with Gasteiger partial charge in [-0.2, -0.15) is 0 Å². The SMILES string of the molecule is CCCCCCCCCCCCCCCCOc1cc(N)c(O)cc1C(C)(C)C. The second kappa shape index (κ2) is 14.6. The number of nitrogens with two attached hydrogens (primary N) is 1. The zero-order valence-electron chi connectivity index (χ0n) is 19.7. The standard InChI is InChI=1S/C26H47NO2/c1-5-6-7-8-9-10-11-12-13-14-15-16-17-18-19-29-25-21-23(27)24(28)20-22(25)26(2,3)4/h20-21,28H,5-19,27H2,1-4H3. The van der Waals surface area contributed by atoms with Gasteiger partial charge in [0.1, 0.15) is 11.5 Å². The summed E-state index contributed by atoms with van der Waals surface area (Å²) < 4.78 is 6.02. The fraction of sp³-hybridized carbons (Fsp3) is 0.769. The highest BCUT2D eigenvalue weighted by Gasteiger charge is 2.21. The van der Waals surface area contributed by atoms with Gasteiger partial charge in [0.15, 0.2) is 0 Å². The van der Waals surface area contributed by atoms with Crippen molar-refractivity contribution in [1.82, 2.24) is 0 Å². The molecule has 0 amide bonds. The van der Waals surface area contributed by atoms with Crippen molar-refractivity contribution in [2.24, 2.45) is 0 Å². The fourth-order valence-corrected chi connectivity index (χ4v) is 3.77. The summed E-state index contributed by atoms with van der Waals surface area (Å²) in [5.41, 5.74) is 7.16. The Kier molecular flexibility index (Phi) is 12.9. The molecule has 1 rings (SSSR count). The molecule has 0 spiro atoms. The van der Waals surface area contributed by atoms with Crippen LogP contribution in [0, 0.1) is 0 Å². The van der Waals surface area contributed by atoms with E-state index in [-0.39, 0.29) is 11.2 Å². The van der Waals surface area contributed by atoms with Crippen molar-refractivity contribution in [2.45, 2.75) is 123 Å². The molecule has 0 bridgehead atoms. The summed E-state index contributed by atoms with van der Waals surface area (Å²) in [6.07, 6.45) is 19.0. The van der Waals surface area contributed by atoms with E-state index in [2.05, 4.69) is 27.7 Å². The molecule has 168 valence electrons. The van der Waals surface area contributed by atoms with Gasteiger partial charge in [-0.05, 0) is 17.9 Å². The number of phenols is 1. The number of unbranched alkanes of at least 4 members (excludes halogenated alkanes) is 13. The molecular formula is C26H47NO2. The number of anilines is 1.